The zero-order chi connectivity index (χ0) is 18.6. The first-order valence-electron chi connectivity index (χ1n) is 6.83. The number of anilines is 1. The van der Waals surface area contributed by atoms with Crippen molar-refractivity contribution in [3.8, 4) is 0 Å². The van der Waals surface area contributed by atoms with Gasteiger partial charge in [-0.1, -0.05) is 23.2 Å². The van der Waals surface area contributed by atoms with Crippen molar-refractivity contribution >= 4 is 50.7 Å². The molecule has 0 bridgehead atoms. The highest BCUT2D eigenvalue weighted by Crippen LogP contribution is 2.26. The number of primary amides is 1. The molecule has 132 valence electrons. The number of nitrogens with two attached hydrogens (primary N) is 1. The van der Waals surface area contributed by atoms with Gasteiger partial charge in [0.15, 0.2) is 0 Å². The number of sulfonamides is 1. The molecule has 0 fully saturated rings. The lowest BCUT2D eigenvalue weighted by Crippen LogP contribution is -2.33. The van der Waals surface area contributed by atoms with E-state index in [1.807, 2.05) is 0 Å². The predicted molar refractivity (Wildman–Crippen MR) is 95.2 cm³/mol. The van der Waals surface area contributed by atoms with Gasteiger partial charge in [-0.15, -0.1) is 0 Å². The van der Waals surface area contributed by atoms with E-state index in [2.05, 4.69) is 10.0 Å². The Bertz CT molecular complexity index is 915. The zero-order valence-corrected chi connectivity index (χ0v) is 15.0. The van der Waals surface area contributed by atoms with Gasteiger partial charge in [0.25, 0.3) is 15.9 Å². The topological polar surface area (TPSA) is 118 Å². The van der Waals surface area contributed by atoms with Crippen LogP contribution in [0.3, 0.4) is 0 Å². The Kier molecular flexibility index (Phi) is 5.89. The van der Waals surface area contributed by atoms with Crippen molar-refractivity contribution < 1.29 is 18.0 Å². The van der Waals surface area contributed by atoms with Crippen LogP contribution in [0, 0.1) is 0 Å². The second-order valence-corrected chi connectivity index (χ2v) is 7.40. The molecule has 0 saturated heterocycles. The molecule has 0 aromatic heterocycles. The second-order valence-electron chi connectivity index (χ2n) is 4.91. The SMILES string of the molecule is NC(=O)CNC(=O)c1ccc(NS(=O)(=O)c2cc(Cl)ccc2Cl)cc1. The molecule has 7 nitrogen and oxygen atoms in total. The summed E-state index contributed by atoms with van der Waals surface area (Å²) in [6, 6.07) is 9.68. The van der Waals surface area contributed by atoms with Crippen LogP contribution in [0.5, 0.6) is 0 Å². The van der Waals surface area contributed by atoms with Crippen LogP contribution in [-0.4, -0.2) is 26.8 Å². The molecule has 4 N–H and O–H groups in total. The van der Waals surface area contributed by atoms with Crippen LogP contribution in [0.25, 0.3) is 0 Å². The summed E-state index contributed by atoms with van der Waals surface area (Å²) >= 11 is 11.7. The van der Waals surface area contributed by atoms with Crippen LogP contribution in [0.15, 0.2) is 47.4 Å². The normalized spacial score (nSPS) is 11.0. The summed E-state index contributed by atoms with van der Waals surface area (Å²) in [7, 11) is -3.95. The van der Waals surface area contributed by atoms with Gasteiger partial charge < -0.3 is 11.1 Å². The summed E-state index contributed by atoms with van der Waals surface area (Å²) in [5.41, 5.74) is 5.41. The monoisotopic (exact) mass is 401 g/mol. The summed E-state index contributed by atoms with van der Waals surface area (Å²) in [4.78, 5) is 22.2. The van der Waals surface area contributed by atoms with E-state index in [-0.39, 0.29) is 32.7 Å². The van der Waals surface area contributed by atoms with Gasteiger partial charge in [-0.3, -0.25) is 14.3 Å². The highest BCUT2D eigenvalue weighted by Gasteiger charge is 2.19. The summed E-state index contributed by atoms with van der Waals surface area (Å²) in [5.74, 6) is -1.18. The molecule has 0 unspecified atom stereocenters. The molecule has 0 atom stereocenters. The Morgan fingerprint density at radius 1 is 1.04 bits per heavy atom. The van der Waals surface area contributed by atoms with Crippen LogP contribution >= 0.6 is 23.2 Å². The largest absolute Gasteiger partial charge is 0.368 e. The average molecular weight is 402 g/mol. The van der Waals surface area contributed by atoms with Gasteiger partial charge >= 0.3 is 0 Å². The fourth-order valence-corrected chi connectivity index (χ4v) is 3.67. The molecule has 0 aliphatic carbocycles. The third-order valence-electron chi connectivity index (χ3n) is 3.01. The van der Waals surface area contributed by atoms with Crippen molar-refractivity contribution in [2.45, 2.75) is 4.90 Å². The fourth-order valence-electron chi connectivity index (χ4n) is 1.85. The van der Waals surface area contributed by atoms with Gasteiger partial charge in [-0.05, 0) is 42.5 Å². The van der Waals surface area contributed by atoms with Crippen molar-refractivity contribution in [3.05, 3.63) is 58.1 Å². The number of carbonyl (C=O) groups excluding carboxylic acids is 2. The highest BCUT2D eigenvalue weighted by atomic mass is 35.5. The number of halogens is 2. The summed E-state index contributed by atoms with van der Waals surface area (Å²) in [6.07, 6.45) is 0. The van der Waals surface area contributed by atoms with Gasteiger partial charge in [0, 0.05) is 16.3 Å². The first-order chi connectivity index (χ1) is 11.7. The van der Waals surface area contributed by atoms with Gasteiger partial charge in [0.2, 0.25) is 5.91 Å². The van der Waals surface area contributed by atoms with Gasteiger partial charge in [0.1, 0.15) is 4.90 Å². The lowest BCUT2D eigenvalue weighted by Gasteiger charge is -2.10. The van der Waals surface area contributed by atoms with E-state index < -0.39 is 21.8 Å². The third kappa shape index (κ3) is 5.09. The van der Waals surface area contributed by atoms with Crippen LogP contribution in [-0.2, 0) is 14.8 Å². The molecule has 0 spiro atoms. The lowest BCUT2D eigenvalue weighted by atomic mass is 10.2. The molecule has 10 heteroatoms. The standard InChI is InChI=1S/C15H13Cl2N3O4S/c16-10-3-6-12(17)13(7-10)25(23,24)20-11-4-1-9(2-5-11)15(22)19-8-14(18)21/h1-7,20H,8H2,(H2,18,21)(H,19,22). The van der Waals surface area contributed by atoms with Crippen molar-refractivity contribution in [2.24, 2.45) is 5.73 Å². The van der Waals surface area contributed by atoms with Crippen molar-refractivity contribution in [3.63, 3.8) is 0 Å². The second kappa shape index (κ2) is 7.73. The predicted octanol–water partition coefficient (Wildman–Crippen LogP) is 2.01. The Labute approximate surface area is 154 Å². The van der Waals surface area contributed by atoms with Crippen molar-refractivity contribution in [2.75, 3.05) is 11.3 Å². The molecule has 2 amide bonds. The Morgan fingerprint density at radius 2 is 1.68 bits per heavy atom. The minimum Gasteiger partial charge on any atom is -0.368 e. The van der Waals surface area contributed by atoms with E-state index in [4.69, 9.17) is 28.9 Å². The van der Waals surface area contributed by atoms with E-state index in [0.29, 0.717) is 0 Å². The summed E-state index contributed by atoms with van der Waals surface area (Å²) < 4.78 is 27.1. The molecule has 2 aromatic carbocycles. The molecule has 0 saturated carbocycles. The lowest BCUT2D eigenvalue weighted by molar-refractivity contribution is -0.117. The van der Waals surface area contributed by atoms with E-state index in [1.165, 1.54) is 42.5 Å². The molecule has 0 heterocycles. The third-order valence-corrected chi connectivity index (χ3v) is 5.10. The maximum Gasteiger partial charge on any atom is 0.263 e. The molecule has 0 aliphatic rings. The molecule has 25 heavy (non-hydrogen) atoms. The number of rotatable bonds is 6. The van der Waals surface area contributed by atoms with Gasteiger partial charge in [-0.25, -0.2) is 8.42 Å². The van der Waals surface area contributed by atoms with Gasteiger partial charge in [0.05, 0.1) is 11.6 Å². The van der Waals surface area contributed by atoms with E-state index >= 15 is 0 Å². The number of hydrogen-bond donors (Lipinski definition) is 3. The Balaban J connectivity index is 2.16. The van der Waals surface area contributed by atoms with Crippen LogP contribution < -0.4 is 15.8 Å². The van der Waals surface area contributed by atoms with Crippen LogP contribution in [0.2, 0.25) is 10.0 Å². The molecular formula is C15H13Cl2N3O4S. The molecular weight excluding hydrogens is 389 g/mol. The van der Waals surface area contributed by atoms with Crippen LogP contribution in [0.4, 0.5) is 5.69 Å². The number of carbonyl (C=O) groups is 2. The summed E-state index contributed by atoms with van der Waals surface area (Å²) in [5, 5.41) is 2.58. The van der Waals surface area contributed by atoms with Crippen molar-refractivity contribution in [1.29, 1.82) is 0 Å². The minimum atomic E-state index is -3.95. The Morgan fingerprint density at radius 3 is 2.28 bits per heavy atom. The molecule has 0 radical (unpaired) electrons. The van der Waals surface area contributed by atoms with E-state index in [9.17, 15) is 18.0 Å². The smallest absolute Gasteiger partial charge is 0.263 e. The Hall–Kier alpha value is -2.29. The minimum absolute atomic E-state index is 0.0272. The van der Waals surface area contributed by atoms with Crippen molar-refractivity contribution in [1.82, 2.24) is 5.32 Å². The summed E-state index contributed by atoms with van der Waals surface area (Å²) in [6.45, 7) is -0.291. The maximum atomic E-state index is 12.4. The van der Waals surface area contributed by atoms with Crippen LogP contribution in [0.1, 0.15) is 10.4 Å². The molecule has 2 rings (SSSR count). The van der Waals surface area contributed by atoms with Gasteiger partial charge in [-0.2, -0.15) is 0 Å². The highest BCUT2D eigenvalue weighted by molar-refractivity contribution is 7.92. The first kappa shape index (κ1) is 19.0. The molecule has 2 aromatic rings. The number of hydrogen-bond acceptors (Lipinski definition) is 4. The number of amides is 2. The van der Waals surface area contributed by atoms with E-state index in [0.717, 1.165) is 0 Å². The van der Waals surface area contributed by atoms with E-state index in [1.54, 1.807) is 0 Å². The maximum absolute atomic E-state index is 12.4. The average Bonchev–Trinajstić information content (AvgIpc) is 2.55. The fraction of sp³-hybridized carbons (Fsp3) is 0.0667. The number of nitrogens with one attached hydrogen (secondary N) is 2. The first-order valence-corrected chi connectivity index (χ1v) is 9.07. The zero-order valence-electron chi connectivity index (χ0n) is 12.6. The number of benzene rings is 2. The quantitative estimate of drug-likeness (QED) is 0.685. The molecule has 0 aliphatic heterocycles.